The van der Waals surface area contributed by atoms with Gasteiger partial charge in [-0.25, -0.2) is 22.8 Å². The molecule has 0 saturated heterocycles. The average Bonchev–Trinajstić information content (AvgIpc) is 2.45. The number of methoxy groups -OCH3 is 1. The summed E-state index contributed by atoms with van der Waals surface area (Å²) in [5, 5.41) is 2.10. The second-order valence-corrected chi connectivity index (χ2v) is 6.59. The van der Waals surface area contributed by atoms with Crippen molar-refractivity contribution < 1.29 is 32.2 Å². The van der Waals surface area contributed by atoms with Gasteiger partial charge in [-0.1, -0.05) is 12.1 Å². The molecule has 1 atom stereocenters. The zero-order chi connectivity index (χ0) is 19.3. The van der Waals surface area contributed by atoms with Crippen molar-refractivity contribution in [3.63, 3.8) is 0 Å². The maximum absolute atomic E-state index is 14.3. The summed E-state index contributed by atoms with van der Waals surface area (Å²) in [6.07, 6.45) is -2.69. The van der Waals surface area contributed by atoms with Crippen molar-refractivity contribution in [1.82, 2.24) is 5.32 Å². The minimum absolute atomic E-state index is 0.201. The van der Waals surface area contributed by atoms with Crippen molar-refractivity contribution in [3.8, 4) is 0 Å². The van der Waals surface area contributed by atoms with E-state index in [1.165, 1.54) is 12.1 Å². The van der Waals surface area contributed by atoms with E-state index in [1.54, 1.807) is 20.8 Å². The molecule has 1 N–H and O–H groups in total. The van der Waals surface area contributed by atoms with Gasteiger partial charge in [0.2, 0.25) is 0 Å². The Kier molecular flexibility index (Phi) is 6.84. The molecule has 0 radical (unpaired) electrons. The Morgan fingerprint density at radius 2 is 1.72 bits per heavy atom. The number of amides is 1. The van der Waals surface area contributed by atoms with E-state index in [1.807, 2.05) is 0 Å². The van der Waals surface area contributed by atoms with Gasteiger partial charge >= 0.3 is 12.1 Å². The molecule has 25 heavy (non-hydrogen) atoms. The zero-order valence-corrected chi connectivity index (χ0v) is 14.6. The molecule has 0 heterocycles. The molecule has 1 rings (SSSR count). The van der Waals surface area contributed by atoms with Crippen LogP contribution in [0.1, 0.15) is 32.8 Å². The Morgan fingerprint density at radius 1 is 1.16 bits per heavy atom. The number of hydrogen-bond acceptors (Lipinski definition) is 4. The van der Waals surface area contributed by atoms with Crippen LogP contribution in [0.5, 0.6) is 0 Å². The largest absolute Gasteiger partial charge is 0.467 e. The third-order valence-electron chi connectivity index (χ3n) is 3.06. The summed E-state index contributed by atoms with van der Waals surface area (Å²) < 4.78 is 50.8. The number of carbonyl (C=O) groups is 2. The van der Waals surface area contributed by atoms with Crippen LogP contribution in [0.15, 0.2) is 24.3 Å². The Hall–Kier alpha value is -2.25. The van der Waals surface area contributed by atoms with Gasteiger partial charge in [0.25, 0.3) is 5.92 Å². The summed E-state index contributed by atoms with van der Waals surface area (Å²) >= 11 is 0. The minimum atomic E-state index is -3.33. The van der Waals surface area contributed by atoms with Crippen molar-refractivity contribution in [2.24, 2.45) is 0 Å². The van der Waals surface area contributed by atoms with Crippen LogP contribution in [-0.2, 0) is 20.7 Å². The van der Waals surface area contributed by atoms with Gasteiger partial charge in [-0.15, -0.1) is 0 Å². The van der Waals surface area contributed by atoms with E-state index in [9.17, 15) is 22.8 Å². The standard InChI is InChI=1S/C17H22F3NO4/c1-16(2,3)25-15(23)21-13(14(22)24-4)10-17(19,20)9-11-5-7-12(18)8-6-11/h5-8,13H,9-10H2,1-4H3,(H,21,23)/t13-/m0/s1. The molecule has 0 aliphatic rings. The molecule has 1 amide bonds. The van der Waals surface area contributed by atoms with Crippen molar-refractivity contribution in [2.75, 3.05) is 7.11 Å². The lowest BCUT2D eigenvalue weighted by molar-refractivity contribution is -0.146. The summed E-state index contributed by atoms with van der Waals surface area (Å²) in [6.45, 7) is 4.80. The Balaban J connectivity index is 2.80. The second kappa shape index (κ2) is 8.22. The first-order chi connectivity index (χ1) is 11.4. The maximum atomic E-state index is 14.3. The van der Waals surface area contributed by atoms with Gasteiger partial charge in [-0.3, -0.25) is 0 Å². The summed E-state index contributed by atoms with van der Waals surface area (Å²) in [6, 6.07) is 3.04. The monoisotopic (exact) mass is 361 g/mol. The third kappa shape index (κ3) is 7.91. The van der Waals surface area contributed by atoms with E-state index >= 15 is 0 Å². The fourth-order valence-electron chi connectivity index (χ4n) is 2.06. The predicted molar refractivity (Wildman–Crippen MR) is 84.8 cm³/mol. The summed E-state index contributed by atoms with van der Waals surface area (Å²) in [4.78, 5) is 23.5. The van der Waals surface area contributed by atoms with Gasteiger partial charge in [0.1, 0.15) is 17.5 Å². The molecule has 5 nitrogen and oxygen atoms in total. The first kappa shape index (κ1) is 20.8. The van der Waals surface area contributed by atoms with E-state index in [4.69, 9.17) is 4.74 Å². The fourth-order valence-corrected chi connectivity index (χ4v) is 2.06. The molecule has 1 aromatic rings. The summed E-state index contributed by atoms with van der Waals surface area (Å²) in [7, 11) is 1.03. The first-order valence-electron chi connectivity index (χ1n) is 7.61. The molecular formula is C17H22F3NO4. The number of ether oxygens (including phenoxy) is 2. The van der Waals surface area contributed by atoms with E-state index < -0.39 is 48.3 Å². The molecule has 0 aliphatic carbocycles. The molecule has 0 spiro atoms. The van der Waals surface area contributed by atoms with Crippen LogP contribution in [0.4, 0.5) is 18.0 Å². The molecule has 0 bridgehead atoms. The lowest BCUT2D eigenvalue weighted by Gasteiger charge is -2.25. The van der Waals surface area contributed by atoms with Crippen LogP contribution in [-0.4, -0.2) is 36.7 Å². The van der Waals surface area contributed by atoms with Crippen molar-refractivity contribution in [3.05, 3.63) is 35.6 Å². The van der Waals surface area contributed by atoms with Crippen LogP contribution >= 0.6 is 0 Å². The number of esters is 1. The molecule has 0 unspecified atom stereocenters. The van der Waals surface area contributed by atoms with Gasteiger partial charge < -0.3 is 14.8 Å². The van der Waals surface area contributed by atoms with E-state index in [2.05, 4.69) is 10.1 Å². The number of rotatable bonds is 6. The number of alkyl carbamates (subject to hydrolysis) is 1. The highest BCUT2D eigenvalue weighted by molar-refractivity contribution is 5.81. The second-order valence-electron chi connectivity index (χ2n) is 6.59. The lowest BCUT2D eigenvalue weighted by Crippen LogP contribution is -2.47. The number of hydrogen-bond donors (Lipinski definition) is 1. The smallest absolute Gasteiger partial charge is 0.408 e. The van der Waals surface area contributed by atoms with Crippen molar-refractivity contribution in [2.45, 2.75) is 51.2 Å². The number of halogens is 3. The highest BCUT2D eigenvalue weighted by Gasteiger charge is 2.38. The van der Waals surface area contributed by atoms with Gasteiger partial charge in [-0.2, -0.15) is 0 Å². The Bertz CT molecular complexity index is 597. The highest BCUT2D eigenvalue weighted by Crippen LogP contribution is 2.26. The number of benzene rings is 1. The van der Waals surface area contributed by atoms with Crippen molar-refractivity contribution >= 4 is 12.1 Å². The van der Waals surface area contributed by atoms with E-state index in [-0.39, 0.29) is 5.56 Å². The Labute approximate surface area is 144 Å². The topological polar surface area (TPSA) is 64.6 Å². The van der Waals surface area contributed by atoms with Crippen LogP contribution in [0, 0.1) is 5.82 Å². The molecule has 1 aromatic carbocycles. The number of alkyl halides is 2. The van der Waals surface area contributed by atoms with Crippen LogP contribution in [0.25, 0.3) is 0 Å². The van der Waals surface area contributed by atoms with Crippen LogP contribution in [0.2, 0.25) is 0 Å². The predicted octanol–water partition coefficient (Wildman–Crippen LogP) is 3.46. The molecule has 0 aliphatic heterocycles. The normalized spacial score (nSPS) is 13.1. The van der Waals surface area contributed by atoms with Gasteiger partial charge in [0.15, 0.2) is 0 Å². The lowest BCUT2D eigenvalue weighted by atomic mass is 10.0. The van der Waals surface area contributed by atoms with Gasteiger partial charge in [0, 0.05) is 12.8 Å². The first-order valence-corrected chi connectivity index (χ1v) is 7.61. The van der Waals surface area contributed by atoms with Gasteiger partial charge in [-0.05, 0) is 38.5 Å². The average molecular weight is 361 g/mol. The molecule has 0 saturated carbocycles. The van der Waals surface area contributed by atoms with Gasteiger partial charge in [0.05, 0.1) is 7.11 Å². The minimum Gasteiger partial charge on any atom is -0.467 e. The molecular weight excluding hydrogens is 339 g/mol. The maximum Gasteiger partial charge on any atom is 0.408 e. The number of nitrogens with one attached hydrogen (secondary N) is 1. The molecule has 0 fully saturated rings. The number of carbonyl (C=O) groups excluding carboxylic acids is 2. The van der Waals surface area contributed by atoms with Crippen molar-refractivity contribution in [1.29, 1.82) is 0 Å². The zero-order valence-electron chi connectivity index (χ0n) is 14.6. The molecule has 8 heteroatoms. The summed E-state index contributed by atoms with van der Waals surface area (Å²) in [5.74, 6) is -4.87. The van der Waals surface area contributed by atoms with Crippen LogP contribution in [0.3, 0.4) is 0 Å². The fraction of sp³-hybridized carbons (Fsp3) is 0.529. The SMILES string of the molecule is COC(=O)[C@H](CC(F)(F)Cc1ccc(F)cc1)NC(=O)OC(C)(C)C. The highest BCUT2D eigenvalue weighted by atomic mass is 19.3. The van der Waals surface area contributed by atoms with Crippen LogP contribution < -0.4 is 5.32 Å². The third-order valence-corrected chi connectivity index (χ3v) is 3.06. The molecule has 140 valence electrons. The summed E-state index contributed by atoms with van der Waals surface area (Å²) in [5.41, 5.74) is -0.645. The van der Waals surface area contributed by atoms with E-state index in [0.29, 0.717) is 0 Å². The molecule has 0 aromatic heterocycles. The Morgan fingerprint density at radius 3 is 2.20 bits per heavy atom. The quantitative estimate of drug-likeness (QED) is 0.788. The van der Waals surface area contributed by atoms with E-state index in [0.717, 1.165) is 19.2 Å².